The smallest absolute Gasteiger partial charge is 0.189 e. The van der Waals surface area contributed by atoms with Crippen LogP contribution in [0.25, 0.3) is 11.4 Å². The Morgan fingerprint density at radius 1 is 1.17 bits per heavy atom. The van der Waals surface area contributed by atoms with Crippen molar-refractivity contribution in [2.45, 2.75) is 24.3 Å². The van der Waals surface area contributed by atoms with Gasteiger partial charge in [0.05, 0.1) is 18.4 Å². The number of methoxy groups -OCH3 is 1. The number of nitrogens with zero attached hydrogens (tertiary/aromatic N) is 3. The Kier molecular flexibility index (Phi) is 4.92. The summed E-state index contributed by atoms with van der Waals surface area (Å²) in [5.74, 6) is 2.27. The van der Waals surface area contributed by atoms with Crippen LogP contribution in [-0.4, -0.2) is 27.3 Å². The van der Waals surface area contributed by atoms with E-state index in [1.165, 1.54) is 5.56 Å². The molecule has 0 aliphatic rings. The summed E-state index contributed by atoms with van der Waals surface area (Å²) in [5, 5.41) is 9.21. The molecule has 0 saturated carbocycles. The van der Waals surface area contributed by atoms with Crippen molar-refractivity contribution in [3.63, 3.8) is 0 Å². The molecular formula is C17H18N4OS. The second kappa shape index (κ2) is 7.28. The molecular weight excluding hydrogens is 308 g/mol. The number of rotatable bonds is 6. The quantitative estimate of drug-likeness (QED) is 0.699. The lowest BCUT2D eigenvalue weighted by atomic mass is 10.1. The van der Waals surface area contributed by atoms with E-state index in [2.05, 4.69) is 33.2 Å². The molecule has 1 N–H and O–H groups in total. The van der Waals surface area contributed by atoms with Gasteiger partial charge in [0.2, 0.25) is 0 Å². The molecule has 1 aromatic carbocycles. The number of H-pyrrole nitrogens is 1. The van der Waals surface area contributed by atoms with E-state index < -0.39 is 0 Å². The van der Waals surface area contributed by atoms with Gasteiger partial charge in [0.1, 0.15) is 5.75 Å². The van der Waals surface area contributed by atoms with Crippen molar-refractivity contribution in [2.75, 3.05) is 7.11 Å². The van der Waals surface area contributed by atoms with Crippen molar-refractivity contribution in [3.05, 3.63) is 53.9 Å². The van der Waals surface area contributed by atoms with E-state index in [-0.39, 0.29) is 0 Å². The molecule has 118 valence electrons. The van der Waals surface area contributed by atoms with Gasteiger partial charge in [0.15, 0.2) is 11.0 Å². The molecule has 3 aromatic rings. The molecule has 3 rings (SSSR count). The third kappa shape index (κ3) is 3.71. The van der Waals surface area contributed by atoms with Crippen molar-refractivity contribution in [1.82, 2.24) is 20.2 Å². The van der Waals surface area contributed by atoms with Gasteiger partial charge in [-0.1, -0.05) is 30.8 Å². The first-order valence-corrected chi connectivity index (χ1v) is 8.41. The number of benzene rings is 1. The van der Waals surface area contributed by atoms with E-state index in [4.69, 9.17) is 4.74 Å². The minimum absolute atomic E-state index is 0.716. The Bertz CT molecular complexity index is 773. The number of hydrogen-bond acceptors (Lipinski definition) is 5. The van der Waals surface area contributed by atoms with Crippen LogP contribution in [0, 0.1) is 0 Å². The highest BCUT2D eigenvalue weighted by atomic mass is 32.2. The molecule has 23 heavy (non-hydrogen) atoms. The maximum absolute atomic E-state index is 5.48. The average Bonchev–Trinajstić information content (AvgIpc) is 3.09. The van der Waals surface area contributed by atoms with Crippen molar-refractivity contribution >= 4 is 11.8 Å². The van der Waals surface area contributed by atoms with Gasteiger partial charge in [0, 0.05) is 11.9 Å². The normalized spacial score (nSPS) is 10.7. The van der Waals surface area contributed by atoms with Crippen LogP contribution in [0.15, 0.2) is 47.8 Å². The minimum Gasteiger partial charge on any atom is -0.496 e. The maximum Gasteiger partial charge on any atom is 0.189 e. The SMILES string of the molecule is CCc1ccc(-c2nnc(SCc3ccccn3)[nH]2)c(OC)c1. The van der Waals surface area contributed by atoms with Gasteiger partial charge >= 0.3 is 0 Å². The molecule has 0 unspecified atom stereocenters. The summed E-state index contributed by atoms with van der Waals surface area (Å²) in [4.78, 5) is 7.55. The van der Waals surface area contributed by atoms with Crippen molar-refractivity contribution in [1.29, 1.82) is 0 Å². The Labute approximate surface area is 139 Å². The lowest BCUT2D eigenvalue weighted by molar-refractivity contribution is 0.415. The fourth-order valence-electron chi connectivity index (χ4n) is 2.21. The first-order chi connectivity index (χ1) is 11.3. The number of hydrogen-bond donors (Lipinski definition) is 1. The molecule has 2 aromatic heterocycles. The van der Waals surface area contributed by atoms with Crippen molar-refractivity contribution in [2.24, 2.45) is 0 Å². The number of ether oxygens (including phenoxy) is 1. The number of nitrogens with one attached hydrogen (secondary N) is 1. The summed E-state index contributed by atoms with van der Waals surface area (Å²) in [7, 11) is 1.67. The average molecular weight is 326 g/mol. The number of pyridine rings is 1. The van der Waals surface area contributed by atoms with Gasteiger partial charge < -0.3 is 9.72 Å². The second-order valence-electron chi connectivity index (χ2n) is 4.98. The third-order valence-corrected chi connectivity index (χ3v) is 4.38. The van der Waals surface area contributed by atoms with Crippen LogP contribution in [0.4, 0.5) is 0 Å². The lowest BCUT2D eigenvalue weighted by Crippen LogP contribution is -1.91. The van der Waals surface area contributed by atoms with E-state index in [1.54, 1.807) is 25.1 Å². The van der Waals surface area contributed by atoms with Gasteiger partial charge in [-0.2, -0.15) is 0 Å². The minimum atomic E-state index is 0.716. The van der Waals surface area contributed by atoms with Crippen molar-refractivity contribution < 1.29 is 4.74 Å². The lowest BCUT2D eigenvalue weighted by Gasteiger charge is -2.07. The zero-order valence-electron chi connectivity index (χ0n) is 13.1. The molecule has 0 bridgehead atoms. The molecule has 0 spiro atoms. The maximum atomic E-state index is 5.48. The third-order valence-electron chi connectivity index (χ3n) is 3.48. The number of aromatic nitrogens is 4. The van der Waals surface area contributed by atoms with Crippen LogP contribution in [0.3, 0.4) is 0 Å². The summed E-state index contributed by atoms with van der Waals surface area (Å²) in [5.41, 5.74) is 3.16. The molecule has 0 aliphatic heterocycles. The van der Waals surface area contributed by atoms with Crippen molar-refractivity contribution in [3.8, 4) is 17.1 Å². The summed E-state index contributed by atoms with van der Waals surface area (Å²) in [6, 6.07) is 12.0. The molecule has 6 heteroatoms. The summed E-state index contributed by atoms with van der Waals surface area (Å²) in [6.45, 7) is 2.12. The summed E-state index contributed by atoms with van der Waals surface area (Å²) in [6.07, 6.45) is 2.76. The Morgan fingerprint density at radius 3 is 2.83 bits per heavy atom. The van der Waals surface area contributed by atoms with Crippen LogP contribution >= 0.6 is 11.8 Å². The fraction of sp³-hybridized carbons (Fsp3) is 0.235. The van der Waals surface area contributed by atoms with Gasteiger partial charge in [-0.15, -0.1) is 10.2 Å². The molecule has 0 amide bonds. The first-order valence-electron chi connectivity index (χ1n) is 7.43. The molecule has 0 fully saturated rings. The van der Waals surface area contributed by atoms with Crippen LogP contribution in [-0.2, 0) is 12.2 Å². The van der Waals surface area contributed by atoms with E-state index in [0.29, 0.717) is 5.82 Å². The topological polar surface area (TPSA) is 63.7 Å². The van der Waals surface area contributed by atoms with E-state index in [1.807, 2.05) is 30.3 Å². The van der Waals surface area contributed by atoms with Gasteiger partial charge in [0.25, 0.3) is 0 Å². The molecule has 2 heterocycles. The number of aryl methyl sites for hydroxylation is 1. The van der Waals surface area contributed by atoms with E-state index in [0.717, 1.165) is 34.3 Å². The fourth-order valence-corrected chi connectivity index (χ4v) is 2.93. The van der Waals surface area contributed by atoms with Crippen LogP contribution in [0.5, 0.6) is 5.75 Å². The zero-order chi connectivity index (χ0) is 16.1. The predicted octanol–water partition coefficient (Wildman–Crippen LogP) is 3.73. The van der Waals surface area contributed by atoms with E-state index >= 15 is 0 Å². The highest BCUT2D eigenvalue weighted by molar-refractivity contribution is 7.98. The predicted molar refractivity (Wildman–Crippen MR) is 91.5 cm³/mol. The van der Waals surface area contributed by atoms with Crippen LogP contribution < -0.4 is 4.74 Å². The summed E-state index contributed by atoms with van der Waals surface area (Å²) >= 11 is 1.58. The molecule has 0 radical (unpaired) electrons. The van der Waals surface area contributed by atoms with Gasteiger partial charge in [-0.3, -0.25) is 4.98 Å². The largest absolute Gasteiger partial charge is 0.496 e. The molecule has 0 saturated heterocycles. The summed E-state index contributed by atoms with van der Waals surface area (Å²) < 4.78 is 5.48. The highest BCUT2D eigenvalue weighted by Crippen LogP contribution is 2.30. The number of thioether (sulfide) groups is 1. The Morgan fingerprint density at radius 2 is 2.09 bits per heavy atom. The van der Waals surface area contributed by atoms with Crippen LogP contribution in [0.1, 0.15) is 18.2 Å². The second-order valence-corrected chi connectivity index (χ2v) is 5.94. The first kappa shape index (κ1) is 15.6. The van der Waals surface area contributed by atoms with Crippen LogP contribution in [0.2, 0.25) is 0 Å². The standard InChI is InChI=1S/C17H18N4OS/c1-3-12-7-8-14(15(10-12)22-2)16-19-17(21-20-16)23-11-13-6-4-5-9-18-13/h4-10H,3,11H2,1-2H3,(H,19,20,21). The van der Waals surface area contributed by atoms with E-state index in [9.17, 15) is 0 Å². The molecule has 0 atom stereocenters. The zero-order valence-corrected chi connectivity index (χ0v) is 13.9. The monoisotopic (exact) mass is 326 g/mol. The Balaban J connectivity index is 1.76. The van der Waals surface area contributed by atoms with Gasteiger partial charge in [-0.05, 0) is 36.2 Å². The number of aromatic amines is 1. The van der Waals surface area contributed by atoms with Gasteiger partial charge in [-0.25, -0.2) is 0 Å². The molecule has 0 aliphatic carbocycles. The highest BCUT2D eigenvalue weighted by Gasteiger charge is 2.12. The Hall–Kier alpha value is -2.34. The molecule has 5 nitrogen and oxygen atoms in total.